The van der Waals surface area contributed by atoms with Gasteiger partial charge in [-0.1, -0.05) is 18.3 Å². The lowest BCUT2D eigenvalue weighted by Gasteiger charge is -2.06. The minimum atomic E-state index is 0.756. The van der Waals surface area contributed by atoms with Gasteiger partial charge in [0.25, 0.3) is 0 Å². The van der Waals surface area contributed by atoms with Crippen LogP contribution >= 0.6 is 23.1 Å². The third kappa shape index (κ3) is 4.04. The largest absolute Gasteiger partial charge is 0.370 e. The topological polar surface area (TPSA) is 66.8 Å². The van der Waals surface area contributed by atoms with Gasteiger partial charge in [0.2, 0.25) is 5.13 Å². The summed E-state index contributed by atoms with van der Waals surface area (Å²) in [6.45, 7) is 4.93. The number of anilines is 2. The van der Waals surface area contributed by atoms with Crippen LogP contribution in [0.2, 0.25) is 0 Å². The lowest BCUT2D eigenvalue weighted by Crippen LogP contribution is -2.07. The molecule has 0 aliphatic carbocycles. The van der Waals surface area contributed by atoms with Gasteiger partial charge >= 0.3 is 0 Å². The van der Waals surface area contributed by atoms with Crippen molar-refractivity contribution in [3.63, 3.8) is 0 Å². The molecule has 20 heavy (non-hydrogen) atoms. The molecule has 0 aliphatic rings. The fraction of sp³-hybridized carbons (Fsp3) is 0.500. The molecule has 6 nitrogen and oxygen atoms in total. The predicted molar refractivity (Wildman–Crippen MR) is 83.9 cm³/mol. The van der Waals surface area contributed by atoms with Crippen LogP contribution in [0.4, 0.5) is 10.9 Å². The smallest absolute Gasteiger partial charge is 0.208 e. The molecule has 108 valence electrons. The quantitative estimate of drug-likeness (QED) is 0.823. The molecular weight excluding hydrogens is 292 g/mol. The number of rotatable bonds is 6. The highest BCUT2D eigenvalue weighted by molar-refractivity contribution is 8.01. The van der Waals surface area contributed by atoms with E-state index in [2.05, 4.69) is 32.4 Å². The molecule has 0 aromatic carbocycles. The Hall–Kier alpha value is -1.41. The molecule has 1 N–H and O–H groups in total. The number of hydrogen-bond acceptors (Lipinski definition) is 8. The fourth-order valence-electron chi connectivity index (χ4n) is 1.45. The van der Waals surface area contributed by atoms with Crippen molar-refractivity contribution in [3.05, 3.63) is 11.9 Å². The van der Waals surface area contributed by atoms with Crippen molar-refractivity contribution < 1.29 is 0 Å². The molecule has 2 aromatic heterocycles. The Kier molecular flexibility index (Phi) is 5.13. The normalized spacial score (nSPS) is 10.6. The van der Waals surface area contributed by atoms with Crippen LogP contribution in [-0.2, 0) is 0 Å². The van der Waals surface area contributed by atoms with E-state index in [4.69, 9.17) is 0 Å². The van der Waals surface area contributed by atoms with Gasteiger partial charge in [0.15, 0.2) is 4.34 Å². The summed E-state index contributed by atoms with van der Waals surface area (Å²) in [6.07, 6.45) is 1.06. The zero-order valence-corrected chi connectivity index (χ0v) is 13.7. The van der Waals surface area contributed by atoms with Crippen LogP contribution < -0.4 is 10.2 Å². The van der Waals surface area contributed by atoms with E-state index < -0.39 is 0 Å². The number of nitrogens with one attached hydrogen (secondary N) is 1. The van der Waals surface area contributed by atoms with Crippen molar-refractivity contribution in [2.24, 2.45) is 0 Å². The second kappa shape index (κ2) is 6.85. The third-order valence-electron chi connectivity index (χ3n) is 2.34. The van der Waals surface area contributed by atoms with Crippen LogP contribution in [0.25, 0.3) is 0 Å². The molecule has 2 aromatic rings. The van der Waals surface area contributed by atoms with Crippen LogP contribution in [-0.4, -0.2) is 40.8 Å². The molecule has 0 saturated carbocycles. The molecule has 0 atom stereocenters. The van der Waals surface area contributed by atoms with Crippen molar-refractivity contribution in [1.29, 1.82) is 0 Å². The Balaban J connectivity index is 2.13. The summed E-state index contributed by atoms with van der Waals surface area (Å²) in [5, 5.41) is 13.3. The summed E-state index contributed by atoms with van der Waals surface area (Å²) >= 11 is 3.07. The first kappa shape index (κ1) is 15.0. The minimum absolute atomic E-state index is 0.756. The molecule has 0 spiro atoms. The average Bonchev–Trinajstić information content (AvgIpc) is 2.84. The molecule has 2 heterocycles. The minimum Gasteiger partial charge on any atom is -0.370 e. The lowest BCUT2D eigenvalue weighted by atomic mass is 10.4. The highest BCUT2D eigenvalue weighted by Gasteiger charge is 2.10. The molecule has 0 radical (unpaired) electrons. The Bertz CT molecular complexity index is 569. The Morgan fingerprint density at radius 3 is 2.75 bits per heavy atom. The van der Waals surface area contributed by atoms with Gasteiger partial charge < -0.3 is 10.2 Å². The molecule has 0 bridgehead atoms. The Morgan fingerprint density at radius 1 is 1.30 bits per heavy atom. The monoisotopic (exact) mass is 310 g/mol. The summed E-state index contributed by atoms with van der Waals surface area (Å²) in [5.74, 6) is 1.62. The number of nitrogens with zero attached hydrogens (tertiary/aromatic N) is 5. The Morgan fingerprint density at radius 2 is 2.10 bits per heavy atom. The van der Waals surface area contributed by atoms with Gasteiger partial charge in [-0.05, 0) is 25.1 Å². The van der Waals surface area contributed by atoms with E-state index in [0.717, 1.165) is 39.1 Å². The van der Waals surface area contributed by atoms with E-state index in [1.165, 1.54) is 11.8 Å². The van der Waals surface area contributed by atoms with E-state index in [1.807, 2.05) is 32.0 Å². The van der Waals surface area contributed by atoms with Gasteiger partial charge in [0.05, 0.1) is 0 Å². The van der Waals surface area contributed by atoms with Crippen LogP contribution in [0.15, 0.2) is 15.4 Å². The summed E-state index contributed by atoms with van der Waals surface area (Å²) in [4.78, 5) is 10.7. The van der Waals surface area contributed by atoms with E-state index >= 15 is 0 Å². The summed E-state index contributed by atoms with van der Waals surface area (Å²) in [6, 6.07) is 1.95. The van der Waals surface area contributed by atoms with E-state index in [0.29, 0.717) is 0 Å². The van der Waals surface area contributed by atoms with Gasteiger partial charge in [-0.3, -0.25) is 0 Å². The third-order valence-corrected chi connectivity index (χ3v) is 4.40. The molecule has 0 unspecified atom stereocenters. The number of hydrogen-bond donors (Lipinski definition) is 1. The van der Waals surface area contributed by atoms with E-state index in [1.54, 1.807) is 11.3 Å². The van der Waals surface area contributed by atoms with Crippen LogP contribution in [0, 0.1) is 6.92 Å². The molecule has 0 aliphatic heterocycles. The van der Waals surface area contributed by atoms with Gasteiger partial charge in [0, 0.05) is 26.7 Å². The summed E-state index contributed by atoms with van der Waals surface area (Å²) in [7, 11) is 3.91. The van der Waals surface area contributed by atoms with E-state index in [-0.39, 0.29) is 0 Å². The van der Waals surface area contributed by atoms with Crippen molar-refractivity contribution in [2.45, 2.75) is 29.6 Å². The number of aryl methyl sites for hydroxylation is 1. The van der Waals surface area contributed by atoms with Crippen LogP contribution in [0.3, 0.4) is 0 Å². The molecule has 0 fully saturated rings. The SMILES string of the molecule is CCCNc1cc(Sc2nnc(N(C)C)s2)nc(C)n1. The molecule has 0 saturated heterocycles. The average molecular weight is 310 g/mol. The van der Waals surface area contributed by atoms with Crippen LogP contribution in [0.5, 0.6) is 0 Å². The second-order valence-corrected chi connectivity index (χ2v) is 6.64. The van der Waals surface area contributed by atoms with Gasteiger partial charge in [-0.2, -0.15) is 0 Å². The van der Waals surface area contributed by atoms with Crippen molar-refractivity contribution in [2.75, 3.05) is 30.9 Å². The molecule has 2 rings (SSSR count). The number of aromatic nitrogens is 4. The second-order valence-electron chi connectivity index (χ2n) is 4.41. The summed E-state index contributed by atoms with van der Waals surface area (Å²) < 4.78 is 0.883. The predicted octanol–water partition coefficient (Wildman–Crippen LogP) is 2.68. The lowest BCUT2D eigenvalue weighted by molar-refractivity contribution is 0.925. The summed E-state index contributed by atoms with van der Waals surface area (Å²) in [5.41, 5.74) is 0. The Labute approximate surface area is 127 Å². The maximum atomic E-state index is 4.43. The zero-order valence-electron chi connectivity index (χ0n) is 12.0. The van der Waals surface area contributed by atoms with Gasteiger partial charge in [-0.25, -0.2) is 9.97 Å². The fourth-order valence-corrected chi connectivity index (χ4v) is 3.21. The van der Waals surface area contributed by atoms with Gasteiger partial charge in [0.1, 0.15) is 16.7 Å². The maximum absolute atomic E-state index is 4.43. The standard InChI is InChI=1S/C12H18N6S2/c1-5-6-13-9-7-10(15-8(2)14-9)19-12-17-16-11(20-12)18(3)4/h7H,5-6H2,1-4H3,(H,13,14,15). The van der Waals surface area contributed by atoms with Crippen molar-refractivity contribution in [1.82, 2.24) is 20.2 Å². The van der Waals surface area contributed by atoms with Gasteiger partial charge in [-0.15, -0.1) is 10.2 Å². The first-order valence-electron chi connectivity index (χ1n) is 6.36. The zero-order chi connectivity index (χ0) is 14.5. The molecule has 8 heteroatoms. The highest BCUT2D eigenvalue weighted by atomic mass is 32.2. The first-order valence-corrected chi connectivity index (χ1v) is 8.00. The maximum Gasteiger partial charge on any atom is 0.208 e. The molecule has 0 amide bonds. The molecular formula is C12H18N6S2. The highest BCUT2D eigenvalue weighted by Crippen LogP contribution is 2.32. The first-order chi connectivity index (χ1) is 9.58. The van der Waals surface area contributed by atoms with Crippen LogP contribution in [0.1, 0.15) is 19.2 Å². The van der Waals surface area contributed by atoms with E-state index in [9.17, 15) is 0 Å². The van der Waals surface area contributed by atoms with Crippen molar-refractivity contribution in [3.8, 4) is 0 Å². The van der Waals surface area contributed by atoms with Crippen molar-refractivity contribution >= 4 is 34.0 Å².